The van der Waals surface area contributed by atoms with Crippen molar-refractivity contribution in [2.24, 2.45) is 0 Å². The zero-order chi connectivity index (χ0) is 14.9. The number of alkyl halides is 1. The normalized spacial score (nSPS) is 16.3. The number of halogens is 1. The van der Waals surface area contributed by atoms with Gasteiger partial charge in [0, 0.05) is 45.0 Å². The second-order valence-corrected chi connectivity index (χ2v) is 5.61. The van der Waals surface area contributed by atoms with Crippen molar-refractivity contribution in [3.05, 3.63) is 29.8 Å². The van der Waals surface area contributed by atoms with Crippen molar-refractivity contribution in [2.75, 3.05) is 52.3 Å². The molecule has 1 fully saturated rings. The average Bonchev–Trinajstić information content (AvgIpc) is 2.51. The molecule has 0 amide bonds. The van der Waals surface area contributed by atoms with E-state index in [-0.39, 0.29) is 0 Å². The zero-order valence-electron chi connectivity index (χ0n) is 12.6. The first-order chi connectivity index (χ1) is 10.3. The predicted octanol–water partition coefficient (Wildman–Crippen LogP) is 2.29. The van der Waals surface area contributed by atoms with Gasteiger partial charge in [0.15, 0.2) is 0 Å². The highest BCUT2D eigenvalue weighted by Gasteiger charge is 2.13. The highest BCUT2D eigenvalue weighted by atomic mass is 35.5. The molecule has 1 aromatic rings. The van der Waals surface area contributed by atoms with E-state index in [1.54, 1.807) is 0 Å². The van der Waals surface area contributed by atoms with Gasteiger partial charge in [0.2, 0.25) is 0 Å². The molecule has 0 bridgehead atoms. The first-order valence-electron chi connectivity index (χ1n) is 7.47. The summed E-state index contributed by atoms with van der Waals surface area (Å²) < 4.78 is 5.91. The van der Waals surface area contributed by atoms with Crippen LogP contribution in [0.3, 0.4) is 0 Å². The molecule has 2 rings (SSSR count). The van der Waals surface area contributed by atoms with E-state index in [9.17, 15) is 0 Å². The highest BCUT2D eigenvalue weighted by molar-refractivity contribution is 6.18. The van der Waals surface area contributed by atoms with Gasteiger partial charge in [-0.2, -0.15) is 0 Å². The monoisotopic (exact) mass is 306 g/mol. The van der Waals surface area contributed by atoms with Gasteiger partial charge in [0.1, 0.15) is 12.4 Å². The molecular weight excluding hydrogens is 284 g/mol. The lowest BCUT2D eigenvalue weighted by Gasteiger charge is -2.32. The number of ether oxygens (including phenoxy) is 1. The number of likely N-dealkylation sites (N-methyl/N-ethyl adjacent to an activating group) is 1. The second-order valence-electron chi connectivity index (χ2n) is 5.23. The summed E-state index contributed by atoms with van der Waals surface area (Å²) in [5, 5.41) is 0. The molecule has 4 heteroatoms. The van der Waals surface area contributed by atoms with Crippen LogP contribution in [0.25, 0.3) is 0 Å². The van der Waals surface area contributed by atoms with Crippen molar-refractivity contribution in [1.82, 2.24) is 9.80 Å². The predicted molar refractivity (Wildman–Crippen MR) is 88.1 cm³/mol. The van der Waals surface area contributed by atoms with Gasteiger partial charge < -0.3 is 9.64 Å². The van der Waals surface area contributed by atoms with E-state index in [0.29, 0.717) is 18.9 Å². The molecule has 21 heavy (non-hydrogen) atoms. The molecule has 1 heterocycles. The lowest BCUT2D eigenvalue weighted by atomic mass is 10.2. The van der Waals surface area contributed by atoms with Gasteiger partial charge in [-0.15, -0.1) is 11.6 Å². The molecule has 0 unspecified atom stereocenters. The molecule has 1 saturated heterocycles. The Labute approximate surface area is 132 Å². The van der Waals surface area contributed by atoms with Gasteiger partial charge in [0.25, 0.3) is 0 Å². The summed E-state index contributed by atoms with van der Waals surface area (Å²) in [5.74, 6) is 7.63. The van der Waals surface area contributed by atoms with Crippen molar-refractivity contribution in [2.45, 2.75) is 6.42 Å². The van der Waals surface area contributed by atoms with Crippen LogP contribution in [0.2, 0.25) is 0 Å². The lowest BCUT2D eigenvalue weighted by Crippen LogP contribution is -2.45. The van der Waals surface area contributed by atoms with Crippen molar-refractivity contribution < 1.29 is 4.74 Å². The fraction of sp³-hybridized carbons (Fsp3) is 0.529. The van der Waals surface area contributed by atoms with Crippen LogP contribution < -0.4 is 4.74 Å². The fourth-order valence-corrected chi connectivity index (χ4v) is 2.35. The Hall–Kier alpha value is -1.21. The molecule has 114 valence electrons. The van der Waals surface area contributed by atoms with Crippen LogP contribution in [-0.4, -0.2) is 62.1 Å². The number of hydrogen-bond donors (Lipinski definition) is 0. The minimum atomic E-state index is 0.569. The van der Waals surface area contributed by atoms with Crippen LogP contribution in [0, 0.1) is 11.8 Å². The summed E-state index contributed by atoms with van der Waals surface area (Å²) in [7, 11) is 2.17. The van der Waals surface area contributed by atoms with Crippen LogP contribution >= 0.6 is 11.6 Å². The van der Waals surface area contributed by atoms with E-state index in [1.807, 2.05) is 24.3 Å². The van der Waals surface area contributed by atoms with Gasteiger partial charge in [-0.25, -0.2) is 0 Å². The molecule has 0 N–H and O–H groups in total. The lowest BCUT2D eigenvalue weighted by molar-refractivity contribution is 0.133. The third-order valence-corrected chi connectivity index (χ3v) is 3.78. The van der Waals surface area contributed by atoms with Crippen molar-refractivity contribution in [1.29, 1.82) is 0 Å². The van der Waals surface area contributed by atoms with Crippen molar-refractivity contribution >= 4 is 11.6 Å². The molecule has 1 aromatic carbocycles. The molecule has 1 aliphatic rings. The Morgan fingerprint density at radius 1 is 1.19 bits per heavy atom. The summed E-state index contributed by atoms with van der Waals surface area (Å²) in [6, 6.07) is 7.94. The maximum Gasteiger partial charge on any atom is 0.134 e. The van der Waals surface area contributed by atoms with E-state index >= 15 is 0 Å². The first kappa shape index (κ1) is 16.2. The number of piperazine rings is 1. The summed E-state index contributed by atoms with van der Waals surface area (Å²) in [5.41, 5.74) is 0.945. The molecule has 0 radical (unpaired) electrons. The summed E-state index contributed by atoms with van der Waals surface area (Å²) >= 11 is 5.64. The molecule has 1 aliphatic heterocycles. The van der Waals surface area contributed by atoms with E-state index in [0.717, 1.165) is 44.0 Å². The molecule has 0 aliphatic carbocycles. The van der Waals surface area contributed by atoms with Crippen LogP contribution in [0.15, 0.2) is 24.3 Å². The average molecular weight is 307 g/mol. The van der Waals surface area contributed by atoms with E-state index in [2.05, 4.69) is 28.7 Å². The standard InChI is InChI=1S/C17H23ClN2O/c1-19-10-12-20(13-11-19)14-15-21-17-8-3-2-6-16(17)7-4-5-9-18/h2-3,6,8H,5,9-15H2,1H3. The highest BCUT2D eigenvalue weighted by Crippen LogP contribution is 2.16. The van der Waals surface area contributed by atoms with Crippen molar-refractivity contribution in [3.63, 3.8) is 0 Å². The molecule has 0 atom stereocenters. The number of hydrogen-bond acceptors (Lipinski definition) is 3. The molecule has 0 aromatic heterocycles. The number of benzene rings is 1. The third kappa shape index (κ3) is 5.59. The van der Waals surface area contributed by atoms with Crippen molar-refractivity contribution in [3.8, 4) is 17.6 Å². The van der Waals surface area contributed by atoms with E-state index in [4.69, 9.17) is 16.3 Å². The van der Waals surface area contributed by atoms with Gasteiger partial charge in [0.05, 0.1) is 5.56 Å². The minimum absolute atomic E-state index is 0.569. The van der Waals surface area contributed by atoms with Gasteiger partial charge in [-0.05, 0) is 19.2 Å². The molecular formula is C17H23ClN2O. The largest absolute Gasteiger partial charge is 0.491 e. The number of nitrogens with zero attached hydrogens (tertiary/aromatic N) is 2. The van der Waals surface area contributed by atoms with Gasteiger partial charge >= 0.3 is 0 Å². The Bertz CT molecular complexity index is 487. The topological polar surface area (TPSA) is 15.7 Å². The van der Waals surface area contributed by atoms with Gasteiger partial charge in [-0.3, -0.25) is 4.90 Å². The maximum absolute atomic E-state index is 5.91. The van der Waals surface area contributed by atoms with E-state index in [1.165, 1.54) is 0 Å². The van der Waals surface area contributed by atoms with E-state index < -0.39 is 0 Å². The fourth-order valence-electron chi connectivity index (χ4n) is 2.26. The zero-order valence-corrected chi connectivity index (χ0v) is 13.4. The maximum atomic E-state index is 5.91. The van der Waals surface area contributed by atoms with Crippen LogP contribution in [0.1, 0.15) is 12.0 Å². The molecule has 3 nitrogen and oxygen atoms in total. The first-order valence-corrected chi connectivity index (χ1v) is 8.00. The Kier molecular flexibility index (Phi) is 6.88. The summed E-state index contributed by atoms with van der Waals surface area (Å²) in [4.78, 5) is 4.81. The smallest absolute Gasteiger partial charge is 0.134 e. The van der Waals surface area contributed by atoms with Crippen LogP contribution in [-0.2, 0) is 0 Å². The third-order valence-electron chi connectivity index (χ3n) is 3.59. The van der Waals surface area contributed by atoms with Crippen LogP contribution in [0.4, 0.5) is 0 Å². The number of para-hydroxylation sites is 1. The molecule has 0 saturated carbocycles. The second kappa shape index (κ2) is 8.94. The Morgan fingerprint density at radius 2 is 1.95 bits per heavy atom. The number of rotatable bonds is 5. The Balaban J connectivity index is 1.82. The minimum Gasteiger partial charge on any atom is -0.491 e. The van der Waals surface area contributed by atoms with Gasteiger partial charge in [-0.1, -0.05) is 24.0 Å². The summed E-state index contributed by atoms with van der Waals surface area (Å²) in [6.07, 6.45) is 0.706. The summed E-state index contributed by atoms with van der Waals surface area (Å²) in [6.45, 7) is 6.20. The quantitative estimate of drug-likeness (QED) is 0.613. The Morgan fingerprint density at radius 3 is 2.71 bits per heavy atom. The molecule has 0 spiro atoms. The van der Waals surface area contributed by atoms with Crippen LogP contribution in [0.5, 0.6) is 5.75 Å². The SMILES string of the molecule is CN1CCN(CCOc2ccccc2C#CCCCl)CC1.